The zero-order chi connectivity index (χ0) is 40.5. The van der Waals surface area contributed by atoms with Crippen LogP contribution in [0.1, 0.15) is 44.9 Å². The quantitative estimate of drug-likeness (QED) is 0.0775. The summed E-state index contributed by atoms with van der Waals surface area (Å²) in [7, 11) is 0. The van der Waals surface area contributed by atoms with Gasteiger partial charge in [0.15, 0.2) is 18.9 Å². The maximum Gasteiger partial charge on any atom is 0.252 e. The van der Waals surface area contributed by atoms with E-state index < -0.39 is 122 Å². The number of hydrogen-bond donors (Lipinski definition) is 15. The fourth-order valence-electron chi connectivity index (χ4n) is 8.57. The van der Waals surface area contributed by atoms with Crippen molar-refractivity contribution in [2.75, 3.05) is 39.3 Å². The molecule has 22 nitrogen and oxygen atoms in total. The van der Waals surface area contributed by atoms with Crippen LogP contribution in [-0.4, -0.2) is 202 Å². The highest BCUT2D eigenvalue weighted by Gasteiger charge is 2.55. The van der Waals surface area contributed by atoms with E-state index in [9.17, 15) is 40.5 Å². The molecule has 17 atom stereocenters. The van der Waals surface area contributed by atoms with Crippen molar-refractivity contribution < 1.29 is 69.0 Å². The van der Waals surface area contributed by atoms with Crippen LogP contribution in [0.2, 0.25) is 0 Å². The maximum atomic E-state index is 13.2. The van der Waals surface area contributed by atoms with Crippen molar-refractivity contribution in [1.29, 1.82) is 0 Å². The van der Waals surface area contributed by atoms with E-state index in [4.69, 9.17) is 57.1 Å². The van der Waals surface area contributed by atoms with E-state index in [0.717, 1.165) is 13.1 Å². The van der Waals surface area contributed by atoms with Gasteiger partial charge >= 0.3 is 0 Å². The summed E-state index contributed by atoms with van der Waals surface area (Å²) in [5, 5.41) is 85.2. The Labute approximate surface area is 324 Å². The van der Waals surface area contributed by atoms with Crippen molar-refractivity contribution in [2.45, 2.75) is 166 Å². The summed E-state index contributed by atoms with van der Waals surface area (Å²) in [6, 6.07) is -4.21. The van der Waals surface area contributed by atoms with Gasteiger partial charge in [0.1, 0.15) is 60.5 Å². The predicted molar refractivity (Wildman–Crippen MR) is 193 cm³/mol. The van der Waals surface area contributed by atoms with Crippen molar-refractivity contribution in [3.8, 4) is 0 Å². The van der Waals surface area contributed by atoms with E-state index in [-0.39, 0.29) is 38.0 Å². The van der Waals surface area contributed by atoms with Crippen LogP contribution in [0.3, 0.4) is 0 Å². The molecule has 0 spiro atoms. The van der Waals surface area contributed by atoms with Gasteiger partial charge in [-0.15, -0.1) is 0 Å². The number of ether oxygens (including phenoxy) is 6. The topological polar surface area (TPSA) is 380 Å². The first-order chi connectivity index (χ1) is 26.6. The van der Waals surface area contributed by atoms with Gasteiger partial charge in [0.05, 0.1) is 36.4 Å². The third-order valence-electron chi connectivity index (χ3n) is 12.1. The van der Waals surface area contributed by atoms with Crippen molar-refractivity contribution in [2.24, 2.45) is 28.7 Å². The Hall–Kier alpha value is -1.33. The Kier molecular flexibility index (Phi) is 14.6. The molecular weight excluding hydrogens is 744 g/mol. The normalized spacial score (nSPS) is 48.3. The van der Waals surface area contributed by atoms with Gasteiger partial charge in [-0.2, -0.15) is 0 Å². The lowest BCUT2D eigenvalue weighted by Crippen LogP contribution is -2.69. The van der Waals surface area contributed by atoms with Crippen molar-refractivity contribution in [3.05, 3.63) is 0 Å². The number of aliphatic hydroxyl groups is 7. The minimum absolute atomic E-state index is 0.0214. The van der Waals surface area contributed by atoms with Gasteiger partial charge < -0.3 is 109 Å². The van der Waals surface area contributed by atoms with Crippen LogP contribution in [0.15, 0.2) is 0 Å². The standard InChI is InChI=1S/C34H64N8O14/c35-10-19-23(45)24(46)21(39)30(52-19)55-27-20(12-43)53-31(25(27)47)56-28-22(44)18(42-32(48)34(50)8-14(36)9-34)7-17(38)26(28)54-29-16(37)2-1-15(51-29)11-41-13-33(49)3-5-40-6-4-33/h14-31,40-41,43-47,49-50H,1-13,35-39H2,(H,42,48). The number of piperidine rings is 1. The monoisotopic (exact) mass is 808 g/mol. The van der Waals surface area contributed by atoms with E-state index in [1.807, 2.05) is 0 Å². The molecule has 4 aliphatic heterocycles. The number of nitrogens with one attached hydrogen (secondary N) is 3. The summed E-state index contributed by atoms with van der Waals surface area (Å²) in [4.78, 5) is 13.2. The number of rotatable bonds is 14. The molecule has 22 heteroatoms. The van der Waals surface area contributed by atoms with E-state index in [2.05, 4.69) is 16.0 Å². The Morgan fingerprint density at radius 1 is 0.786 bits per heavy atom. The fraction of sp³-hybridized carbons (Fsp3) is 0.971. The maximum absolute atomic E-state index is 13.2. The highest BCUT2D eigenvalue weighted by molar-refractivity contribution is 5.86. The summed E-state index contributed by atoms with van der Waals surface area (Å²) >= 11 is 0. The average molecular weight is 809 g/mol. The number of amides is 1. The van der Waals surface area contributed by atoms with Crippen LogP contribution in [0.5, 0.6) is 0 Å². The van der Waals surface area contributed by atoms with Crippen LogP contribution in [0.4, 0.5) is 0 Å². The highest BCUT2D eigenvalue weighted by atomic mass is 16.8. The van der Waals surface area contributed by atoms with Gasteiger partial charge in [-0.3, -0.25) is 4.79 Å². The first-order valence-electron chi connectivity index (χ1n) is 19.7. The Bertz CT molecular complexity index is 1290. The number of hydrogen-bond acceptors (Lipinski definition) is 21. The molecule has 1 amide bonds. The molecule has 0 aromatic heterocycles. The largest absolute Gasteiger partial charge is 0.394 e. The first-order valence-corrected chi connectivity index (χ1v) is 19.7. The van der Waals surface area contributed by atoms with E-state index in [1.165, 1.54) is 0 Å². The molecular formula is C34H64N8O14. The molecule has 17 unspecified atom stereocenters. The SMILES string of the molecule is NCC1OC(OC2C(CO)OC(OC3C(O)C(NC(=O)C4(O)CC(N)C4)CC(N)C3OC3OC(CNCC4(O)CCNCC4)CCC3N)C2O)C(N)C(O)C1O. The first kappa shape index (κ1) is 44.2. The lowest BCUT2D eigenvalue weighted by atomic mass is 9.75. The van der Waals surface area contributed by atoms with Crippen LogP contribution in [-0.2, 0) is 33.2 Å². The molecule has 0 bridgehead atoms. The fourth-order valence-corrected chi connectivity index (χ4v) is 8.57. The summed E-state index contributed by atoms with van der Waals surface area (Å²) in [6.07, 6.45) is -14.2. The Morgan fingerprint density at radius 2 is 1.45 bits per heavy atom. The molecule has 324 valence electrons. The predicted octanol–water partition coefficient (Wildman–Crippen LogP) is -8.08. The Balaban J connectivity index is 1.16. The molecule has 0 aromatic carbocycles. The van der Waals surface area contributed by atoms with Gasteiger partial charge in [-0.05, 0) is 45.2 Å². The smallest absolute Gasteiger partial charge is 0.252 e. The van der Waals surface area contributed by atoms with Crippen LogP contribution in [0.25, 0.3) is 0 Å². The average Bonchev–Trinajstić information content (AvgIpc) is 3.45. The molecule has 6 fully saturated rings. The zero-order valence-corrected chi connectivity index (χ0v) is 31.5. The zero-order valence-electron chi connectivity index (χ0n) is 31.5. The minimum Gasteiger partial charge on any atom is -0.394 e. The molecule has 4 saturated heterocycles. The van der Waals surface area contributed by atoms with E-state index in [1.54, 1.807) is 0 Å². The molecule has 6 rings (SSSR count). The van der Waals surface area contributed by atoms with Gasteiger partial charge in [0.25, 0.3) is 5.91 Å². The van der Waals surface area contributed by atoms with Crippen molar-refractivity contribution in [3.63, 3.8) is 0 Å². The summed E-state index contributed by atoms with van der Waals surface area (Å²) in [5.74, 6) is -0.742. The second-order valence-electron chi connectivity index (χ2n) is 16.5. The number of nitrogens with two attached hydrogens (primary N) is 5. The lowest BCUT2D eigenvalue weighted by Gasteiger charge is -2.48. The summed E-state index contributed by atoms with van der Waals surface area (Å²) in [5.41, 5.74) is 28.2. The lowest BCUT2D eigenvalue weighted by molar-refractivity contribution is -0.290. The van der Waals surface area contributed by atoms with Crippen molar-refractivity contribution in [1.82, 2.24) is 16.0 Å². The summed E-state index contributed by atoms with van der Waals surface area (Å²) in [6.45, 7) is 1.39. The third-order valence-corrected chi connectivity index (χ3v) is 12.1. The van der Waals surface area contributed by atoms with Crippen molar-refractivity contribution >= 4 is 5.91 Å². The van der Waals surface area contributed by atoms with Gasteiger partial charge in [0.2, 0.25) is 0 Å². The molecule has 0 aromatic rings. The molecule has 20 N–H and O–H groups in total. The van der Waals surface area contributed by atoms with Crippen LogP contribution < -0.4 is 44.6 Å². The minimum atomic E-state index is -1.72. The van der Waals surface area contributed by atoms with Crippen LogP contribution in [0, 0.1) is 0 Å². The number of carbonyl (C=O) groups excluding carboxylic acids is 1. The highest BCUT2D eigenvalue weighted by Crippen LogP contribution is 2.36. The second-order valence-corrected chi connectivity index (χ2v) is 16.5. The van der Waals surface area contributed by atoms with E-state index in [0.29, 0.717) is 38.8 Å². The Morgan fingerprint density at radius 3 is 2.11 bits per heavy atom. The van der Waals surface area contributed by atoms with Gasteiger partial charge in [-0.25, -0.2) is 0 Å². The molecule has 2 aliphatic carbocycles. The van der Waals surface area contributed by atoms with Gasteiger partial charge in [-0.1, -0.05) is 0 Å². The molecule has 4 heterocycles. The molecule has 56 heavy (non-hydrogen) atoms. The molecule has 2 saturated carbocycles. The van der Waals surface area contributed by atoms with Gasteiger partial charge in [0, 0.05) is 44.6 Å². The van der Waals surface area contributed by atoms with Crippen LogP contribution >= 0.6 is 0 Å². The second kappa shape index (κ2) is 18.5. The molecule has 6 aliphatic rings. The summed E-state index contributed by atoms with van der Waals surface area (Å²) < 4.78 is 36.4. The third kappa shape index (κ3) is 9.66. The number of carbonyl (C=O) groups is 1. The number of aliphatic hydroxyl groups excluding tert-OH is 5. The molecule has 0 radical (unpaired) electrons. The van der Waals surface area contributed by atoms with E-state index >= 15 is 0 Å².